The molecule has 0 aliphatic heterocycles. The van der Waals surface area contributed by atoms with Gasteiger partial charge in [0.2, 0.25) is 5.91 Å². The smallest absolute Gasteiger partial charge is 0.270 e. The molecule has 7 nitrogen and oxygen atoms in total. The van der Waals surface area contributed by atoms with Gasteiger partial charge in [0.05, 0.1) is 15.1 Å². The van der Waals surface area contributed by atoms with Crippen LogP contribution in [0.4, 0.5) is 10.8 Å². The topological polar surface area (TPSA) is 88.4 Å². The summed E-state index contributed by atoms with van der Waals surface area (Å²) >= 11 is 1.40. The molecule has 0 aliphatic carbocycles. The summed E-state index contributed by atoms with van der Waals surface area (Å²) in [6.45, 7) is 2.98. The molecule has 0 unspecified atom stereocenters. The summed E-state index contributed by atoms with van der Waals surface area (Å²) in [7, 11) is 1.88. The van der Waals surface area contributed by atoms with Crippen LogP contribution in [-0.4, -0.2) is 36.0 Å². The van der Waals surface area contributed by atoms with Gasteiger partial charge in [-0.25, -0.2) is 4.98 Å². The molecule has 0 radical (unpaired) electrons. The van der Waals surface area contributed by atoms with Crippen LogP contribution in [0.25, 0.3) is 10.2 Å². The van der Waals surface area contributed by atoms with Gasteiger partial charge in [-0.3, -0.25) is 14.9 Å². The number of aromatic nitrogens is 1. The maximum absolute atomic E-state index is 11.2. The maximum atomic E-state index is 11.2. The number of nitro benzene ring substituents is 1. The Balaban J connectivity index is 2.07. The van der Waals surface area contributed by atoms with E-state index >= 15 is 0 Å². The van der Waals surface area contributed by atoms with Gasteiger partial charge in [0, 0.05) is 38.7 Å². The summed E-state index contributed by atoms with van der Waals surface area (Å²) in [6, 6.07) is 4.64. The minimum Gasteiger partial charge on any atom is -0.354 e. The lowest BCUT2D eigenvalue weighted by Crippen LogP contribution is -2.32. The van der Waals surface area contributed by atoms with E-state index in [9.17, 15) is 14.9 Å². The largest absolute Gasteiger partial charge is 0.354 e. The van der Waals surface area contributed by atoms with Crippen LogP contribution >= 0.6 is 11.3 Å². The number of nitrogens with zero attached hydrogens (tertiary/aromatic N) is 3. The van der Waals surface area contributed by atoms with Crippen LogP contribution in [0.1, 0.15) is 13.3 Å². The second-order valence-electron chi connectivity index (χ2n) is 4.53. The number of hydrogen-bond donors (Lipinski definition) is 1. The van der Waals surface area contributed by atoms with Crippen molar-refractivity contribution in [3.05, 3.63) is 28.3 Å². The van der Waals surface area contributed by atoms with Crippen LogP contribution in [-0.2, 0) is 4.79 Å². The predicted octanol–water partition coefficient (Wildman–Crippen LogP) is 2.17. The van der Waals surface area contributed by atoms with Crippen LogP contribution < -0.4 is 10.2 Å². The summed E-state index contributed by atoms with van der Waals surface area (Å²) in [6.07, 6.45) is 0.467. The third kappa shape index (κ3) is 3.66. The fourth-order valence-electron chi connectivity index (χ4n) is 1.76. The second kappa shape index (κ2) is 6.49. The van der Waals surface area contributed by atoms with Crippen LogP contribution in [0.3, 0.4) is 0 Å². The number of hydrogen-bond acceptors (Lipinski definition) is 6. The minimum absolute atomic E-state index is 0.0170. The van der Waals surface area contributed by atoms with Gasteiger partial charge in [0.1, 0.15) is 0 Å². The molecule has 8 heteroatoms. The molecule has 1 aromatic carbocycles. The lowest BCUT2D eigenvalue weighted by atomic mass is 10.3. The van der Waals surface area contributed by atoms with Gasteiger partial charge in [-0.05, 0) is 6.07 Å². The van der Waals surface area contributed by atoms with E-state index in [1.807, 2.05) is 11.9 Å². The van der Waals surface area contributed by atoms with Crippen molar-refractivity contribution in [3.8, 4) is 0 Å². The van der Waals surface area contributed by atoms with Crippen LogP contribution in [0.15, 0.2) is 18.2 Å². The number of thiazole rings is 1. The average Bonchev–Trinajstić information content (AvgIpc) is 2.89. The minimum atomic E-state index is -0.414. The van der Waals surface area contributed by atoms with Crippen molar-refractivity contribution < 1.29 is 9.72 Å². The molecular weight excluding hydrogens is 292 g/mol. The number of carbonyl (C=O) groups excluding carboxylic acids is 1. The van der Waals surface area contributed by atoms with E-state index in [4.69, 9.17) is 0 Å². The Morgan fingerprint density at radius 3 is 2.95 bits per heavy atom. The number of carbonyl (C=O) groups is 1. The molecule has 1 aromatic heterocycles. The third-order valence-corrected chi connectivity index (χ3v) is 4.12. The Hall–Kier alpha value is -2.22. The zero-order valence-corrected chi connectivity index (χ0v) is 12.6. The molecule has 0 bridgehead atoms. The fourth-order valence-corrected chi connectivity index (χ4v) is 2.75. The fraction of sp³-hybridized carbons (Fsp3) is 0.385. The van der Waals surface area contributed by atoms with Crippen LogP contribution in [0.5, 0.6) is 0 Å². The molecule has 0 saturated carbocycles. The average molecular weight is 308 g/mol. The van der Waals surface area contributed by atoms with E-state index in [-0.39, 0.29) is 11.6 Å². The standard InChI is InChI=1S/C13H16N4O3S/c1-3-12(18)14-6-7-16(2)13-15-10-5-4-9(17(19)20)8-11(10)21-13/h4-5,8H,3,6-7H2,1-2H3,(H,14,18). The molecule has 1 N–H and O–H groups in total. The number of fused-ring (bicyclic) bond motifs is 1. The predicted molar refractivity (Wildman–Crippen MR) is 82.8 cm³/mol. The first-order valence-electron chi connectivity index (χ1n) is 6.54. The van der Waals surface area contributed by atoms with E-state index in [0.29, 0.717) is 19.5 Å². The lowest BCUT2D eigenvalue weighted by Gasteiger charge is -2.15. The molecule has 0 aliphatic rings. The number of benzene rings is 1. The monoisotopic (exact) mass is 308 g/mol. The first-order valence-corrected chi connectivity index (χ1v) is 7.35. The van der Waals surface area contributed by atoms with Crippen LogP contribution in [0.2, 0.25) is 0 Å². The van der Waals surface area contributed by atoms with Crippen molar-refractivity contribution in [1.82, 2.24) is 10.3 Å². The number of amides is 1. The molecule has 112 valence electrons. The molecule has 0 atom stereocenters. The molecule has 0 saturated heterocycles. The van der Waals surface area contributed by atoms with Gasteiger partial charge >= 0.3 is 0 Å². The Kier molecular flexibility index (Phi) is 4.69. The molecule has 1 amide bonds. The molecule has 0 fully saturated rings. The van der Waals surface area contributed by atoms with Crippen molar-refractivity contribution >= 4 is 38.3 Å². The quantitative estimate of drug-likeness (QED) is 0.652. The van der Waals surface area contributed by atoms with E-state index in [2.05, 4.69) is 10.3 Å². The highest BCUT2D eigenvalue weighted by Gasteiger charge is 2.12. The number of non-ortho nitro benzene ring substituents is 1. The van der Waals surface area contributed by atoms with Gasteiger partial charge in [-0.2, -0.15) is 0 Å². The molecular formula is C13H16N4O3S. The zero-order chi connectivity index (χ0) is 15.4. The van der Waals surface area contributed by atoms with Gasteiger partial charge in [-0.15, -0.1) is 0 Å². The van der Waals surface area contributed by atoms with Crippen LogP contribution in [0, 0.1) is 10.1 Å². The maximum Gasteiger partial charge on any atom is 0.270 e. The Morgan fingerprint density at radius 2 is 2.29 bits per heavy atom. The highest BCUT2D eigenvalue weighted by atomic mass is 32.1. The second-order valence-corrected chi connectivity index (χ2v) is 5.54. The van der Waals surface area contributed by atoms with E-state index in [0.717, 1.165) is 15.3 Å². The Labute approximate surface area is 125 Å². The zero-order valence-electron chi connectivity index (χ0n) is 11.8. The van der Waals surface area contributed by atoms with Gasteiger partial charge in [0.15, 0.2) is 5.13 Å². The highest BCUT2D eigenvalue weighted by Crippen LogP contribution is 2.30. The number of nitrogens with one attached hydrogen (secondary N) is 1. The molecule has 0 spiro atoms. The number of nitro groups is 1. The summed E-state index contributed by atoms with van der Waals surface area (Å²) in [4.78, 5) is 27.9. The molecule has 1 heterocycles. The summed E-state index contributed by atoms with van der Waals surface area (Å²) in [5.41, 5.74) is 0.806. The lowest BCUT2D eigenvalue weighted by molar-refractivity contribution is -0.384. The molecule has 21 heavy (non-hydrogen) atoms. The highest BCUT2D eigenvalue weighted by molar-refractivity contribution is 7.22. The Bertz CT molecular complexity index is 670. The van der Waals surface area contributed by atoms with Gasteiger partial charge in [-0.1, -0.05) is 18.3 Å². The summed E-state index contributed by atoms with van der Waals surface area (Å²) in [5, 5.41) is 14.3. The van der Waals surface area contributed by atoms with Crippen molar-refractivity contribution in [1.29, 1.82) is 0 Å². The first kappa shape index (κ1) is 15.2. The Morgan fingerprint density at radius 1 is 1.52 bits per heavy atom. The normalized spacial score (nSPS) is 10.6. The van der Waals surface area contributed by atoms with Crippen molar-refractivity contribution in [3.63, 3.8) is 0 Å². The van der Waals surface area contributed by atoms with E-state index in [1.165, 1.54) is 23.5 Å². The van der Waals surface area contributed by atoms with Gasteiger partial charge in [0.25, 0.3) is 5.69 Å². The van der Waals surface area contributed by atoms with Crippen molar-refractivity contribution in [2.24, 2.45) is 0 Å². The molecule has 2 rings (SSSR count). The van der Waals surface area contributed by atoms with Crippen molar-refractivity contribution in [2.75, 3.05) is 25.0 Å². The third-order valence-electron chi connectivity index (χ3n) is 2.99. The van der Waals surface area contributed by atoms with Gasteiger partial charge < -0.3 is 10.2 Å². The van der Waals surface area contributed by atoms with E-state index < -0.39 is 4.92 Å². The SMILES string of the molecule is CCC(=O)NCCN(C)c1nc2ccc([N+](=O)[O-])cc2s1. The molecule has 2 aromatic rings. The van der Waals surface area contributed by atoms with Crippen molar-refractivity contribution in [2.45, 2.75) is 13.3 Å². The first-order chi connectivity index (χ1) is 10.0. The summed E-state index contributed by atoms with van der Waals surface area (Å²) in [5.74, 6) is 0.0170. The number of likely N-dealkylation sites (N-methyl/N-ethyl adjacent to an activating group) is 1. The number of rotatable bonds is 6. The number of anilines is 1. The summed E-state index contributed by atoms with van der Waals surface area (Å²) < 4.78 is 0.781. The van der Waals surface area contributed by atoms with E-state index in [1.54, 1.807) is 13.0 Å².